The van der Waals surface area contributed by atoms with E-state index in [9.17, 15) is 9.59 Å². The molecule has 2 aliphatic heterocycles. The molecule has 6 heteroatoms. The molecule has 0 aromatic heterocycles. The molecule has 2 fully saturated rings. The van der Waals surface area contributed by atoms with Crippen molar-refractivity contribution in [3.63, 3.8) is 0 Å². The topological polar surface area (TPSA) is 71.1 Å². The van der Waals surface area contributed by atoms with Gasteiger partial charge in [-0.2, -0.15) is 0 Å². The van der Waals surface area contributed by atoms with Crippen LogP contribution in [0.15, 0.2) is 0 Å². The van der Waals surface area contributed by atoms with Crippen molar-refractivity contribution in [2.24, 2.45) is 5.41 Å². The zero-order valence-electron chi connectivity index (χ0n) is 9.50. The first kappa shape index (κ1) is 12.6. The molecule has 0 radical (unpaired) electrons. The van der Waals surface area contributed by atoms with Crippen molar-refractivity contribution in [3.8, 4) is 0 Å². The summed E-state index contributed by atoms with van der Waals surface area (Å²) in [6.45, 7) is 1.78. The van der Waals surface area contributed by atoms with Gasteiger partial charge in [-0.15, -0.1) is 0 Å². The second-order valence-electron chi connectivity index (χ2n) is 4.41. The van der Waals surface area contributed by atoms with E-state index in [0.717, 1.165) is 12.6 Å². The number of carbonyl (C=O) groups excluding carboxylic acids is 2. The summed E-state index contributed by atoms with van der Waals surface area (Å²) in [4.78, 5) is 20.6. The maximum Gasteiger partial charge on any atom is 0.164 e. The van der Waals surface area contributed by atoms with Crippen LogP contribution in [0.2, 0.25) is 0 Å². The third-order valence-corrected chi connectivity index (χ3v) is 2.88. The molecule has 0 aromatic carbocycles. The molecule has 0 saturated carbocycles. The minimum atomic E-state index is -0.453. The lowest BCUT2D eigenvalue weighted by atomic mass is 9.90. The lowest BCUT2D eigenvalue weighted by molar-refractivity contribution is -0.300. The Morgan fingerprint density at radius 1 is 0.824 bits per heavy atom. The smallest absolute Gasteiger partial charge is 0.164 e. The van der Waals surface area contributed by atoms with E-state index in [1.807, 2.05) is 0 Å². The maximum absolute atomic E-state index is 10.3. The van der Waals surface area contributed by atoms with Crippen LogP contribution in [0.4, 0.5) is 0 Å². The minimum absolute atomic E-state index is 0.242. The summed E-state index contributed by atoms with van der Waals surface area (Å²) in [6, 6.07) is 0. The second kappa shape index (κ2) is 5.68. The Kier molecular flexibility index (Phi) is 4.22. The third kappa shape index (κ3) is 3.10. The van der Waals surface area contributed by atoms with E-state index in [4.69, 9.17) is 18.9 Å². The maximum atomic E-state index is 10.3. The van der Waals surface area contributed by atoms with Crippen LogP contribution in [0, 0.1) is 5.41 Å². The van der Waals surface area contributed by atoms with Crippen molar-refractivity contribution in [2.75, 3.05) is 26.4 Å². The number of hydrogen-bond donors (Lipinski definition) is 0. The van der Waals surface area contributed by atoms with E-state index in [-0.39, 0.29) is 18.3 Å². The van der Waals surface area contributed by atoms with Gasteiger partial charge in [0.05, 0.1) is 44.7 Å². The zero-order valence-corrected chi connectivity index (χ0v) is 9.50. The molecule has 6 nitrogen and oxygen atoms in total. The molecule has 1 spiro atoms. The van der Waals surface area contributed by atoms with Crippen LogP contribution in [0.25, 0.3) is 0 Å². The van der Waals surface area contributed by atoms with Crippen LogP contribution in [0.3, 0.4) is 0 Å². The van der Waals surface area contributed by atoms with Gasteiger partial charge in [0, 0.05) is 0 Å². The average Bonchev–Trinajstić information content (AvgIpc) is 2.36. The van der Waals surface area contributed by atoms with Crippen LogP contribution >= 0.6 is 0 Å². The fourth-order valence-electron chi connectivity index (χ4n) is 1.85. The van der Waals surface area contributed by atoms with Gasteiger partial charge in [-0.25, -0.2) is 0 Å². The van der Waals surface area contributed by atoms with E-state index in [0.29, 0.717) is 26.4 Å². The van der Waals surface area contributed by atoms with Gasteiger partial charge in [-0.05, 0) is 0 Å². The van der Waals surface area contributed by atoms with E-state index in [2.05, 4.69) is 0 Å². The van der Waals surface area contributed by atoms with Gasteiger partial charge in [0.2, 0.25) is 0 Å². The molecule has 0 aliphatic carbocycles. The molecular formula is C11H16O6. The molecule has 0 aromatic rings. The van der Waals surface area contributed by atoms with Crippen molar-refractivity contribution < 1.29 is 28.5 Å². The fraction of sp³-hybridized carbons (Fsp3) is 0.818. The standard InChI is InChI=1S/C11H16O6/c12-3-1-9-14-5-11(6-15-9)7-16-10(2-4-13)17-8-11/h3-4,9-10H,1-2,5-8H2. The summed E-state index contributed by atoms with van der Waals surface area (Å²) >= 11 is 0. The van der Waals surface area contributed by atoms with Gasteiger partial charge in [0.25, 0.3) is 0 Å². The largest absolute Gasteiger partial charge is 0.351 e. The van der Waals surface area contributed by atoms with Crippen LogP contribution in [-0.2, 0) is 28.5 Å². The predicted molar refractivity (Wildman–Crippen MR) is 55.2 cm³/mol. The van der Waals surface area contributed by atoms with E-state index >= 15 is 0 Å². The predicted octanol–water partition coefficient (Wildman–Crippen LogP) is -0.103. The number of ether oxygens (including phenoxy) is 4. The Hall–Kier alpha value is -0.820. The van der Waals surface area contributed by atoms with Crippen molar-refractivity contribution in [3.05, 3.63) is 0 Å². The molecule has 0 bridgehead atoms. The Morgan fingerprint density at radius 2 is 1.18 bits per heavy atom. The average molecular weight is 244 g/mol. The minimum Gasteiger partial charge on any atom is -0.351 e. The molecule has 0 N–H and O–H groups in total. The summed E-state index contributed by atoms with van der Waals surface area (Å²) in [5.41, 5.74) is -0.307. The zero-order chi connectivity index (χ0) is 12.1. The SMILES string of the molecule is O=CCC1OCC2(CO1)COC(CC=O)OC2. The molecular weight excluding hydrogens is 228 g/mol. The fourth-order valence-corrected chi connectivity index (χ4v) is 1.85. The van der Waals surface area contributed by atoms with Gasteiger partial charge in [0.1, 0.15) is 12.6 Å². The van der Waals surface area contributed by atoms with Crippen LogP contribution in [0.5, 0.6) is 0 Å². The Labute approximate surface area is 99.2 Å². The summed E-state index contributed by atoms with van der Waals surface area (Å²) in [5, 5.41) is 0. The Bertz CT molecular complexity index is 232. The van der Waals surface area contributed by atoms with E-state index < -0.39 is 12.6 Å². The molecule has 0 unspecified atom stereocenters. The van der Waals surface area contributed by atoms with E-state index in [1.54, 1.807) is 0 Å². The van der Waals surface area contributed by atoms with Gasteiger partial charge >= 0.3 is 0 Å². The first-order chi connectivity index (χ1) is 8.28. The molecule has 2 rings (SSSR count). The molecule has 0 amide bonds. The highest BCUT2D eigenvalue weighted by atomic mass is 16.7. The molecule has 2 saturated heterocycles. The van der Waals surface area contributed by atoms with Crippen LogP contribution in [-0.4, -0.2) is 51.6 Å². The second-order valence-corrected chi connectivity index (χ2v) is 4.41. The first-order valence-corrected chi connectivity index (χ1v) is 5.62. The number of rotatable bonds is 4. The highest BCUT2D eigenvalue weighted by molar-refractivity contribution is 5.50. The van der Waals surface area contributed by atoms with Gasteiger partial charge < -0.3 is 28.5 Å². The molecule has 0 atom stereocenters. The van der Waals surface area contributed by atoms with Crippen molar-refractivity contribution in [2.45, 2.75) is 25.4 Å². The summed E-state index contributed by atoms with van der Waals surface area (Å²) < 4.78 is 21.7. The first-order valence-electron chi connectivity index (χ1n) is 5.62. The lowest BCUT2D eigenvalue weighted by Crippen LogP contribution is -2.52. The highest BCUT2D eigenvalue weighted by Crippen LogP contribution is 2.30. The van der Waals surface area contributed by atoms with Crippen molar-refractivity contribution in [1.82, 2.24) is 0 Å². The van der Waals surface area contributed by atoms with Gasteiger partial charge in [0.15, 0.2) is 12.6 Å². The van der Waals surface area contributed by atoms with Gasteiger partial charge in [-0.1, -0.05) is 0 Å². The Morgan fingerprint density at radius 3 is 1.47 bits per heavy atom. The van der Waals surface area contributed by atoms with Crippen LogP contribution < -0.4 is 0 Å². The molecule has 2 heterocycles. The number of aldehydes is 2. The molecule has 96 valence electrons. The highest BCUT2D eigenvalue weighted by Gasteiger charge is 2.41. The lowest BCUT2D eigenvalue weighted by Gasteiger charge is -2.43. The normalized spacial score (nSPS) is 37.9. The van der Waals surface area contributed by atoms with E-state index in [1.165, 1.54) is 0 Å². The summed E-state index contributed by atoms with van der Waals surface area (Å²) in [5.74, 6) is 0. The third-order valence-electron chi connectivity index (χ3n) is 2.88. The summed E-state index contributed by atoms with van der Waals surface area (Å²) in [7, 11) is 0. The molecule has 17 heavy (non-hydrogen) atoms. The van der Waals surface area contributed by atoms with Crippen LogP contribution in [0.1, 0.15) is 12.8 Å². The van der Waals surface area contributed by atoms with Crippen molar-refractivity contribution in [1.29, 1.82) is 0 Å². The monoisotopic (exact) mass is 244 g/mol. The Balaban J connectivity index is 1.79. The number of hydrogen-bond acceptors (Lipinski definition) is 6. The van der Waals surface area contributed by atoms with Gasteiger partial charge in [-0.3, -0.25) is 0 Å². The summed E-state index contributed by atoms with van der Waals surface area (Å²) in [6.07, 6.45) is 1.13. The van der Waals surface area contributed by atoms with Crippen molar-refractivity contribution >= 4 is 12.6 Å². The number of carbonyl (C=O) groups is 2. The quantitative estimate of drug-likeness (QED) is 0.643. The molecule has 2 aliphatic rings.